The van der Waals surface area contributed by atoms with Gasteiger partial charge in [-0.05, 0) is 26.3 Å². The molecule has 0 saturated carbocycles. The van der Waals surface area contributed by atoms with Crippen LogP contribution < -0.4 is 5.32 Å². The standard InChI is InChI=1S/C12H26ClN/c1-3-4-5-6-7-9-12(2)14-11-8-10-13/h12,14H,3-11H2,1-2H3. The number of halogens is 1. The Hall–Kier alpha value is 0.250. The summed E-state index contributed by atoms with van der Waals surface area (Å²) < 4.78 is 0. The van der Waals surface area contributed by atoms with Gasteiger partial charge in [-0.25, -0.2) is 0 Å². The summed E-state index contributed by atoms with van der Waals surface area (Å²) in [6.45, 7) is 5.60. The van der Waals surface area contributed by atoms with E-state index >= 15 is 0 Å². The number of hydrogen-bond donors (Lipinski definition) is 1. The number of nitrogens with one attached hydrogen (secondary N) is 1. The van der Waals surface area contributed by atoms with Crippen molar-refractivity contribution in [2.45, 2.75) is 64.8 Å². The van der Waals surface area contributed by atoms with Crippen LogP contribution in [0.2, 0.25) is 0 Å². The zero-order valence-corrected chi connectivity index (χ0v) is 10.6. The molecule has 1 N–H and O–H groups in total. The van der Waals surface area contributed by atoms with Gasteiger partial charge in [0.05, 0.1) is 0 Å². The second-order valence-electron chi connectivity index (χ2n) is 4.10. The Morgan fingerprint density at radius 2 is 1.79 bits per heavy atom. The molecule has 0 heterocycles. The van der Waals surface area contributed by atoms with Crippen LogP contribution in [0.25, 0.3) is 0 Å². The highest BCUT2D eigenvalue weighted by Gasteiger charge is 1.99. The van der Waals surface area contributed by atoms with E-state index in [1.165, 1.54) is 38.5 Å². The van der Waals surface area contributed by atoms with Gasteiger partial charge in [0.1, 0.15) is 0 Å². The summed E-state index contributed by atoms with van der Waals surface area (Å²) in [5.41, 5.74) is 0. The molecule has 0 aliphatic heterocycles. The van der Waals surface area contributed by atoms with Gasteiger partial charge in [-0.3, -0.25) is 0 Å². The Morgan fingerprint density at radius 1 is 1.07 bits per heavy atom. The molecule has 1 nitrogen and oxygen atoms in total. The third kappa shape index (κ3) is 10.3. The predicted molar refractivity (Wildman–Crippen MR) is 66.2 cm³/mol. The first-order chi connectivity index (χ1) is 6.81. The molecular formula is C12H26ClN. The van der Waals surface area contributed by atoms with E-state index in [9.17, 15) is 0 Å². The molecular weight excluding hydrogens is 194 g/mol. The van der Waals surface area contributed by atoms with Crippen LogP contribution in [0.1, 0.15) is 58.8 Å². The van der Waals surface area contributed by atoms with E-state index in [0.717, 1.165) is 18.8 Å². The smallest absolute Gasteiger partial charge is 0.0235 e. The molecule has 0 amide bonds. The lowest BCUT2D eigenvalue weighted by molar-refractivity contribution is 0.481. The van der Waals surface area contributed by atoms with Gasteiger partial charge in [0.15, 0.2) is 0 Å². The van der Waals surface area contributed by atoms with Crippen molar-refractivity contribution in [3.63, 3.8) is 0 Å². The average molecular weight is 220 g/mol. The first kappa shape index (κ1) is 14.2. The summed E-state index contributed by atoms with van der Waals surface area (Å²) in [6.07, 6.45) is 9.31. The van der Waals surface area contributed by atoms with Crippen molar-refractivity contribution in [2.24, 2.45) is 0 Å². The number of hydrogen-bond acceptors (Lipinski definition) is 1. The van der Waals surface area contributed by atoms with Crippen LogP contribution in [0.5, 0.6) is 0 Å². The highest BCUT2D eigenvalue weighted by Crippen LogP contribution is 2.06. The minimum Gasteiger partial charge on any atom is -0.314 e. The number of unbranched alkanes of at least 4 members (excludes halogenated alkanes) is 4. The molecule has 0 saturated heterocycles. The molecule has 1 unspecified atom stereocenters. The van der Waals surface area contributed by atoms with Gasteiger partial charge >= 0.3 is 0 Å². The summed E-state index contributed by atoms with van der Waals surface area (Å²) in [6, 6.07) is 0.667. The maximum absolute atomic E-state index is 5.61. The maximum atomic E-state index is 5.61. The van der Waals surface area contributed by atoms with Crippen LogP contribution in [0.15, 0.2) is 0 Å². The summed E-state index contributed by atoms with van der Waals surface area (Å²) in [5.74, 6) is 0.774. The van der Waals surface area contributed by atoms with Crippen molar-refractivity contribution in [1.82, 2.24) is 5.32 Å². The summed E-state index contributed by atoms with van der Waals surface area (Å²) in [7, 11) is 0. The maximum Gasteiger partial charge on any atom is 0.0235 e. The summed E-state index contributed by atoms with van der Waals surface area (Å²) >= 11 is 5.61. The Kier molecular flexibility index (Phi) is 11.5. The van der Waals surface area contributed by atoms with E-state index < -0.39 is 0 Å². The lowest BCUT2D eigenvalue weighted by Crippen LogP contribution is -2.27. The minimum absolute atomic E-state index is 0.667. The van der Waals surface area contributed by atoms with Gasteiger partial charge in [-0.15, -0.1) is 11.6 Å². The van der Waals surface area contributed by atoms with Crippen molar-refractivity contribution in [1.29, 1.82) is 0 Å². The molecule has 0 fully saturated rings. The molecule has 0 aromatic carbocycles. The molecule has 0 spiro atoms. The molecule has 0 aliphatic rings. The van der Waals surface area contributed by atoms with E-state index in [1.807, 2.05) is 0 Å². The molecule has 14 heavy (non-hydrogen) atoms. The quantitative estimate of drug-likeness (QED) is 0.433. The third-order valence-electron chi connectivity index (χ3n) is 2.54. The summed E-state index contributed by atoms with van der Waals surface area (Å²) in [4.78, 5) is 0. The molecule has 1 atom stereocenters. The fourth-order valence-corrected chi connectivity index (χ4v) is 1.71. The fourth-order valence-electron chi connectivity index (χ4n) is 1.57. The Bertz CT molecular complexity index is 106. The second kappa shape index (κ2) is 11.3. The van der Waals surface area contributed by atoms with E-state index in [0.29, 0.717) is 6.04 Å². The zero-order chi connectivity index (χ0) is 10.6. The Balaban J connectivity index is 3.06. The highest BCUT2D eigenvalue weighted by atomic mass is 35.5. The van der Waals surface area contributed by atoms with Gasteiger partial charge in [0, 0.05) is 11.9 Å². The van der Waals surface area contributed by atoms with Crippen LogP contribution in [0.3, 0.4) is 0 Å². The van der Waals surface area contributed by atoms with Gasteiger partial charge < -0.3 is 5.32 Å². The lowest BCUT2D eigenvalue weighted by Gasteiger charge is -2.12. The van der Waals surface area contributed by atoms with Crippen molar-refractivity contribution in [2.75, 3.05) is 12.4 Å². The van der Waals surface area contributed by atoms with Crippen molar-refractivity contribution in [3.05, 3.63) is 0 Å². The number of rotatable bonds is 10. The van der Waals surface area contributed by atoms with Crippen LogP contribution in [0, 0.1) is 0 Å². The SMILES string of the molecule is CCCCCCCC(C)NCCCCl. The normalized spacial score (nSPS) is 13.1. The van der Waals surface area contributed by atoms with Gasteiger partial charge in [-0.2, -0.15) is 0 Å². The molecule has 0 aromatic heterocycles. The molecule has 0 aliphatic carbocycles. The lowest BCUT2D eigenvalue weighted by atomic mass is 10.1. The van der Waals surface area contributed by atoms with E-state index in [2.05, 4.69) is 19.2 Å². The number of alkyl halides is 1. The Morgan fingerprint density at radius 3 is 2.43 bits per heavy atom. The average Bonchev–Trinajstić information content (AvgIpc) is 2.18. The van der Waals surface area contributed by atoms with Crippen LogP contribution in [-0.2, 0) is 0 Å². The highest BCUT2D eigenvalue weighted by molar-refractivity contribution is 6.17. The molecule has 0 radical (unpaired) electrons. The van der Waals surface area contributed by atoms with Crippen molar-refractivity contribution < 1.29 is 0 Å². The molecule has 0 rings (SSSR count). The van der Waals surface area contributed by atoms with E-state index in [4.69, 9.17) is 11.6 Å². The van der Waals surface area contributed by atoms with Crippen molar-refractivity contribution >= 4 is 11.6 Å². The third-order valence-corrected chi connectivity index (χ3v) is 2.81. The van der Waals surface area contributed by atoms with Crippen LogP contribution in [0.4, 0.5) is 0 Å². The summed E-state index contributed by atoms with van der Waals surface area (Å²) in [5, 5.41) is 3.49. The molecule has 0 bridgehead atoms. The first-order valence-corrected chi connectivity index (χ1v) is 6.64. The van der Waals surface area contributed by atoms with Gasteiger partial charge in [0.25, 0.3) is 0 Å². The topological polar surface area (TPSA) is 12.0 Å². The second-order valence-corrected chi connectivity index (χ2v) is 4.48. The monoisotopic (exact) mass is 219 g/mol. The van der Waals surface area contributed by atoms with Crippen LogP contribution in [-0.4, -0.2) is 18.5 Å². The molecule has 86 valence electrons. The van der Waals surface area contributed by atoms with Crippen molar-refractivity contribution in [3.8, 4) is 0 Å². The zero-order valence-electron chi connectivity index (χ0n) is 9.82. The van der Waals surface area contributed by atoms with E-state index in [1.54, 1.807) is 0 Å². The first-order valence-electron chi connectivity index (χ1n) is 6.10. The molecule has 2 heteroatoms. The largest absolute Gasteiger partial charge is 0.314 e. The van der Waals surface area contributed by atoms with E-state index in [-0.39, 0.29) is 0 Å². The predicted octanol–water partition coefficient (Wildman–Crippen LogP) is 3.95. The fraction of sp³-hybridized carbons (Fsp3) is 1.00. The van der Waals surface area contributed by atoms with Gasteiger partial charge in [0.2, 0.25) is 0 Å². The van der Waals surface area contributed by atoms with Gasteiger partial charge in [-0.1, -0.05) is 39.0 Å². The molecule has 0 aromatic rings. The minimum atomic E-state index is 0.667. The Labute approximate surface area is 94.6 Å². The van der Waals surface area contributed by atoms with Crippen LogP contribution >= 0.6 is 11.6 Å².